The van der Waals surface area contributed by atoms with E-state index in [1.165, 1.54) is 31.0 Å². The lowest BCUT2D eigenvalue weighted by Crippen LogP contribution is -2.25. The van der Waals surface area contributed by atoms with E-state index in [1.54, 1.807) is 7.11 Å². The minimum absolute atomic E-state index is 0.0424. The zero-order chi connectivity index (χ0) is 22.3. The first-order valence-corrected chi connectivity index (χ1v) is 12.2. The number of rotatable bonds is 8. The third-order valence-electron chi connectivity index (χ3n) is 5.66. The molecule has 1 saturated carbocycles. The second-order valence-corrected chi connectivity index (χ2v) is 9.27. The van der Waals surface area contributed by atoms with Crippen molar-refractivity contribution >= 4 is 29.3 Å². The summed E-state index contributed by atoms with van der Waals surface area (Å²) in [5.74, 6) is 1.90. The highest BCUT2D eigenvalue weighted by Gasteiger charge is 2.24. The van der Waals surface area contributed by atoms with Gasteiger partial charge in [0, 0.05) is 23.2 Å². The number of halogens is 1. The fourth-order valence-corrected chi connectivity index (χ4v) is 5.06. The summed E-state index contributed by atoms with van der Waals surface area (Å²) in [7, 11) is 1.66. The molecule has 0 saturated heterocycles. The Morgan fingerprint density at radius 2 is 1.94 bits per heavy atom. The third-order valence-corrected chi connectivity index (χ3v) is 6.84. The molecule has 0 aliphatic heterocycles. The predicted molar refractivity (Wildman–Crippen MR) is 128 cm³/mol. The van der Waals surface area contributed by atoms with E-state index in [0.717, 1.165) is 40.7 Å². The van der Waals surface area contributed by atoms with Crippen LogP contribution >= 0.6 is 23.4 Å². The van der Waals surface area contributed by atoms with E-state index in [2.05, 4.69) is 20.1 Å². The molecule has 32 heavy (non-hydrogen) atoms. The van der Waals surface area contributed by atoms with Crippen molar-refractivity contribution in [1.29, 1.82) is 0 Å². The van der Waals surface area contributed by atoms with Crippen LogP contribution in [0.1, 0.15) is 43.7 Å². The molecule has 4 rings (SSSR count). The predicted octanol–water partition coefficient (Wildman–Crippen LogP) is 5.52. The van der Waals surface area contributed by atoms with E-state index >= 15 is 0 Å². The Bertz CT molecular complexity index is 1050. The van der Waals surface area contributed by atoms with Crippen molar-refractivity contribution in [1.82, 2.24) is 20.1 Å². The molecule has 1 heterocycles. The molecular formula is C24H27ClN4O2S. The van der Waals surface area contributed by atoms with Gasteiger partial charge in [-0.25, -0.2) is 0 Å². The highest BCUT2D eigenvalue weighted by molar-refractivity contribution is 7.99. The topological polar surface area (TPSA) is 69.0 Å². The summed E-state index contributed by atoms with van der Waals surface area (Å²) in [6, 6.07) is 15.7. The lowest BCUT2D eigenvalue weighted by molar-refractivity contribution is -0.118. The molecule has 1 aliphatic carbocycles. The van der Waals surface area contributed by atoms with Crippen LogP contribution < -0.4 is 10.1 Å². The van der Waals surface area contributed by atoms with Gasteiger partial charge in [-0.15, -0.1) is 10.2 Å². The lowest BCUT2D eigenvalue weighted by Gasteiger charge is -2.25. The number of nitrogens with one attached hydrogen (secondary N) is 1. The standard InChI is InChI=1S/C24H27ClN4O2S/c1-31-21-12-10-18(11-13-21)23-27-28-24(29(23)20-8-3-2-4-9-20)32-16-22(30)26-15-17-6-5-7-19(25)14-17/h5-7,10-14,20H,2-4,8-9,15-16H2,1H3,(H,26,30). The molecule has 0 unspecified atom stereocenters. The summed E-state index contributed by atoms with van der Waals surface area (Å²) in [5, 5.41) is 13.4. The monoisotopic (exact) mass is 470 g/mol. The van der Waals surface area contributed by atoms with Crippen molar-refractivity contribution in [2.45, 2.75) is 49.8 Å². The minimum atomic E-state index is -0.0424. The fraction of sp³-hybridized carbons (Fsp3) is 0.375. The number of hydrogen-bond acceptors (Lipinski definition) is 5. The Morgan fingerprint density at radius 3 is 2.66 bits per heavy atom. The van der Waals surface area contributed by atoms with Gasteiger partial charge in [-0.2, -0.15) is 0 Å². The van der Waals surface area contributed by atoms with Gasteiger partial charge in [-0.3, -0.25) is 9.36 Å². The quantitative estimate of drug-likeness (QED) is 0.439. The van der Waals surface area contributed by atoms with Gasteiger partial charge in [0.2, 0.25) is 5.91 Å². The van der Waals surface area contributed by atoms with Gasteiger partial charge in [-0.05, 0) is 54.8 Å². The first kappa shape index (κ1) is 22.7. The van der Waals surface area contributed by atoms with Gasteiger partial charge >= 0.3 is 0 Å². The molecule has 6 nitrogen and oxygen atoms in total. The number of benzene rings is 2. The van der Waals surface area contributed by atoms with Gasteiger partial charge in [0.15, 0.2) is 11.0 Å². The normalized spacial score (nSPS) is 14.3. The molecule has 1 aliphatic rings. The molecule has 2 aromatic carbocycles. The van der Waals surface area contributed by atoms with Crippen LogP contribution in [0.25, 0.3) is 11.4 Å². The number of aromatic nitrogens is 3. The summed E-state index contributed by atoms with van der Waals surface area (Å²) in [5.41, 5.74) is 1.98. The zero-order valence-corrected chi connectivity index (χ0v) is 19.7. The Morgan fingerprint density at radius 1 is 1.16 bits per heavy atom. The van der Waals surface area contributed by atoms with Crippen LogP contribution in [0.15, 0.2) is 53.7 Å². The molecular weight excluding hydrogens is 444 g/mol. The number of carbonyl (C=O) groups is 1. The fourth-order valence-electron chi connectivity index (χ4n) is 4.01. The van der Waals surface area contributed by atoms with Crippen molar-refractivity contribution in [2.75, 3.05) is 12.9 Å². The van der Waals surface area contributed by atoms with Crippen LogP contribution in [0.4, 0.5) is 0 Å². The third kappa shape index (κ3) is 5.64. The molecule has 0 radical (unpaired) electrons. The van der Waals surface area contributed by atoms with Crippen LogP contribution in [-0.2, 0) is 11.3 Å². The number of thioether (sulfide) groups is 1. The lowest BCUT2D eigenvalue weighted by atomic mass is 9.95. The summed E-state index contributed by atoms with van der Waals surface area (Å²) in [6.45, 7) is 0.451. The highest BCUT2D eigenvalue weighted by Crippen LogP contribution is 2.35. The smallest absolute Gasteiger partial charge is 0.230 e. The number of amides is 1. The summed E-state index contributed by atoms with van der Waals surface area (Å²) < 4.78 is 7.52. The maximum Gasteiger partial charge on any atom is 0.230 e. The van der Waals surface area contributed by atoms with Crippen LogP contribution in [0.2, 0.25) is 5.02 Å². The van der Waals surface area contributed by atoms with Crippen molar-refractivity contribution in [3.63, 3.8) is 0 Å². The second kappa shape index (κ2) is 10.9. The van der Waals surface area contributed by atoms with Gasteiger partial charge in [0.25, 0.3) is 0 Å². The van der Waals surface area contributed by atoms with E-state index in [-0.39, 0.29) is 11.7 Å². The van der Waals surface area contributed by atoms with Crippen LogP contribution in [0.5, 0.6) is 5.75 Å². The van der Waals surface area contributed by atoms with E-state index in [1.807, 2.05) is 48.5 Å². The average molecular weight is 471 g/mol. The van der Waals surface area contributed by atoms with Crippen molar-refractivity contribution in [2.24, 2.45) is 0 Å². The van der Waals surface area contributed by atoms with E-state index in [4.69, 9.17) is 16.3 Å². The van der Waals surface area contributed by atoms with Gasteiger partial charge in [0.05, 0.1) is 12.9 Å². The molecule has 0 spiro atoms. The molecule has 0 bridgehead atoms. The van der Waals surface area contributed by atoms with Crippen LogP contribution in [0, 0.1) is 0 Å². The van der Waals surface area contributed by atoms with Gasteiger partial charge in [-0.1, -0.05) is 54.8 Å². The maximum atomic E-state index is 12.5. The molecule has 1 fully saturated rings. The van der Waals surface area contributed by atoms with E-state index < -0.39 is 0 Å². The largest absolute Gasteiger partial charge is 0.497 e. The Balaban J connectivity index is 1.47. The van der Waals surface area contributed by atoms with Gasteiger partial charge in [0.1, 0.15) is 5.75 Å². The van der Waals surface area contributed by atoms with Crippen molar-refractivity contribution < 1.29 is 9.53 Å². The average Bonchev–Trinajstić information content (AvgIpc) is 3.26. The Hall–Kier alpha value is -2.51. The number of carbonyl (C=O) groups excluding carboxylic acids is 1. The Labute approximate surface area is 197 Å². The molecule has 168 valence electrons. The van der Waals surface area contributed by atoms with Gasteiger partial charge < -0.3 is 10.1 Å². The summed E-state index contributed by atoms with van der Waals surface area (Å²) in [6.07, 6.45) is 5.89. The van der Waals surface area contributed by atoms with Crippen LogP contribution in [0.3, 0.4) is 0 Å². The first-order valence-electron chi connectivity index (χ1n) is 10.9. The summed E-state index contributed by atoms with van der Waals surface area (Å²) in [4.78, 5) is 12.5. The number of methoxy groups -OCH3 is 1. The second-order valence-electron chi connectivity index (χ2n) is 7.89. The SMILES string of the molecule is COc1ccc(-c2nnc(SCC(=O)NCc3cccc(Cl)c3)n2C2CCCCC2)cc1. The molecule has 1 N–H and O–H groups in total. The van der Waals surface area contributed by atoms with Crippen molar-refractivity contribution in [3.05, 3.63) is 59.1 Å². The minimum Gasteiger partial charge on any atom is -0.497 e. The summed E-state index contributed by atoms with van der Waals surface area (Å²) >= 11 is 7.46. The molecule has 1 aromatic heterocycles. The highest BCUT2D eigenvalue weighted by atomic mass is 35.5. The number of nitrogens with zero attached hydrogens (tertiary/aromatic N) is 3. The molecule has 1 amide bonds. The zero-order valence-electron chi connectivity index (χ0n) is 18.1. The molecule has 0 atom stereocenters. The number of ether oxygens (including phenoxy) is 1. The van der Waals surface area contributed by atoms with Crippen molar-refractivity contribution in [3.8, 4) is 17.1 Å². The first-order chi connectivity index (χ1) is 15.6. The molecule has 3 aromatic rings. The van der Waals surface area contributed by atoms with Crippen LogP contribution in [-0.4, -0.2) is 33.5 Å². The van der Waals surface area contributed by atoms with E-state index in [0.29, 0.717) is 17.6 Å². The molecule has 8 heteroatoms. The number of hydrogen-bond donors (Lipinski definition) is 1. The van der Waals surface area contributed by atoms with E-state index in [9.17, 15) is 4.79 Å². The maximum absolute atomic E-state index is 12.5. The Kier molecular flexibility index (Phi) is 7.71.